The third-order valence-electron chi connectivity index (χ3n) is 6.72. The number of aryl methyl sites for hydroxylation is 2. The van der Waals surface area contributed by atoms with Crippen molar-refractivity contribution in [1.29, 1.82) is 0 Å². The molecule has 0 bridgehead atoms. The first-order valence-corrected chi connectivity index (χ1v) is 13.6. The summed E-state index contributed by atoms with van der Waals surface area (Å²) >= 11 is 0. The summed E-state index contributed by atoms with van der Waals surface area (Å²) in [6.45, 7) is 13.5. The van der Waals surface area contributed by atoms with Crippen molar-refractivity contribution in [2.24, 2.45) is 0 Å². The van der Waals surface area contributed by atoms with Crippen LogP contribution in [0.4, 0.5) is 4.79 Å². The van der Waals surface area contributed by atoms with Crippen molar-refractivity contribution >= 4 is 17.9 Å². The Hall–Kier alpha value is -2.57. The molecule has 1 saturated carbocycles. The van der Waals surface area contributed by atoms with Crippen LogP contribution in [0.3, 0.4) is 0 Å². The first-order valence-electron chi connectivity index (χ1n) is 13.6. The van der Waals surface area contributed by atoms with Gasteiger partial charge in [-0.2, -0.15) is 0 Å². The van der Waals surface area contributed by atoms with Crippen molar-refractivity contribution in [1.82, 2.24) is 15.5 Å². The molecule has 7 nitrogen and oxygen atoms in total. The minimum atomic E-state index is -0.837. The van der Waals surface area contributed by atoms with Crippen LogP contribution in [0, 0.1) is 13.8 Å². The highest BCUT2D eigenvalue weighted by molar-refractivity contribution is 5.92. The van der Waals surface area contributed by atoms with Gasteiger partial charge in [0.05, 0.1) is 0 Å². The Morgan fingerprint density at radius 3 is 2.22 bits per heavy atom. The standard InChI is InChI=1S/C29H47N3O4/c1-8-9-13-19-32(27(34)22(4)30-28(35)36-29(5,6)7)25(24-20(2)15-14-16-21(24)3)26(33)31-23-17-11-10-12-18-23/h14-16,22-23,25H,8-13,17-19H2,1-7H3,(H,30,35)(H,31,33). The molecule has 1 fully saturated rings. The molecule has 7 heteroatoms. The van der Waals surface area contributed by atoms with Gasteiger partial charge in [0.2, 0.25) is 11.8 Å². The van der Waals surface area contributed by atoms with Crippen molar-refractivity contribution in [3.05, 3.63) is 34.9 Å². The molecule has 0 spiro atoms. The average molecular weight is 502 g/mol. The van der Waals surface area contributed by atoms with E-state index >= 15 is 0 Å². The van der Waals surface area contributed by atoms with Gasteiger partial charge in [-0.15, -0.1) is 0 Å². The second kappa shape index (κ2) is 13.7. The number of rotatable bonds is 10. The molecule has 202 valence electrons. The number of hydrogen-bond donors (Lipinski definition) is 2. The summed E-state index contributed by atoms with van der Waals surface area (Å²) in [6.07, 6.45) is 7.41. The van der Waals surface area contributed by atoms with Crippen LogP contribution < -0.4 is 10.6 Å². The minimum Gasteiger partial charge on any atom is -0.444 e. The monoisotopic (exact) mass is 501 g/mol. The second-order valence-corrected chi connectivity index (χ2v) is 11.2. The largest absolute Gasteiger partial charge is 0.444 e. The Bertz CT molecular complexity index is 867. The molecule has 1 aliphatic rings. The number of nitrogens with one attached hydrogen (secondary N) is 2. The predicted molar refractivity (Wildman–Crippen MR) is 144 cm³/mol. The molecule has 2 atom stereocenters. The van der Waals surface area contributed by atoms with Gasteiger partial charge in [0.25, 0.3) is 0 Å². The van der Waals surface area contributed by atoms with E-state index in [0.29, 0.717) is 6.54 Å². The molecule has 36 heavy (non-hydrogen) atoms. The predicted octanol–water partition coefficient (Wildman–Crippen LogP) is 5.73. The highest BCUT2D eigenvalue weighted by atomic mass is 16.6. The zero-order valence-electron chi connectivity index (χ0n) is 23.4. The minimum absolute atomic E-state index is 0.128. The van der Waals surface area contributed by atoms with Crippen molar-refractivity contribution in [2.75, 3.05) is 6.54 Å². The summed E-state index contributed by atoms with van der Waals surface area (Å²) in [6, 6.07) is 4.47. The summed E-state index contributed by atoms with van der Waals surface area (Å²) in [7, 11) is 0. The van der Waals surface area contributed by atoms with Crippen LogP contribution in [-0.2, 0) is 14.3 Å². The SMILES string of the molecule is CCCCCN(C(=O)C(C)NC(=O)OC(C)(C)C)C(C(=O)NC1CCCCC1)c1c(C)cccc1C. The molecule has 3 amide bonds. The third-order valence-corrected chi connectivity index (χ3v) is 6.72. The van der Waals surface area contributed by atoms with Crippen LogP contribution >= 0.6 is 0 Å². The molecule has 2 unspecified atom stereocenters. The van der Waals surface area contributed by atoms with Crippen molar-refractivity contribution in [3.63, 3.8) is 0 Å². The number of carbonyl (C=O) groups excluding carboxylic acids is 3. The van der Waals surface area contributed by atoms with Gasteiger partial charge in [-0.3, -0.25) is 9.59 Å². The van der Waals surface area contributed by atoms with Crippen molar-refractivity contribution in [3.8, 4) is 0 Å². The third kappa shape index (κ3) is 8.82. The number of alkyl carbamates (subject to hydrolysis) is 1. The van der Waals surface area contributed by atoms with Gasteiger partial charge in [-0.05, 0) is 77.5 Å². The maximum atomic E-state index is 13.9. The number of benzene rings is 1. The Morgan fingerprint density at radius 1 is 1.06 bits per heavy atom. The zero-order valence-corrected chi connectivity index (χ0v) is 23.4. The normalized spacial score (nSPS) is 16.1. The Balaban J connectivity index is 2.42. The first kappa shape index (κ1) is 29.7. The highest BCUT2D eigenvalue weighted by Crippen LogP contribution is 2.30. The number of unbranched alkanes of at least 4 members (excludes halogenated alkanes) is 2. The molecule has 1 aromatic carbocycles. The molecule has 0 aliphatic heterocycles. The van der Waals surface area contributed by atoms with Gasteiger partial charge >= 0.3 is 6.09 Å². The lowest BCUT2D eigenvalue weighted by Crippen LogP contribution is -2.53. The van der Waals surface area contributed by atoms with Gasteiger partial charge in [0.15, 0.2) is 0 Å². The topological polar surface area (TPSA) is 87.7 Å². The number of carbonyl (C=O) groups is 3. The van der Waals surface area contributed by atoms with Gasteiger partial charge in [-0.1, -0.05) is 57.2 Å². The summed E-state index contributed by atoms with van der Waals surface area (Å²) < 4.78 is 5.37. The molecule has 0 radical (unpaired) electrons. The fourth-order valence-corrected chi connectivity index (χ4v) is 4.91. The highest BCUT2D eigenvalue weighted by Gasteiger charge is 2.36. The maximum absolute atomic E-state index is 13.9. The summed E-state index contributed by atoms with van der Waals surface area (Å²) in [5, 5.41) is 5.94. The van der Waals surface area contributed by atoms with Crippen LogP contribution in [0.1, 0.15) is 109 Å². The van der Waals surface area contributed by atoms with Gasteiger partial charge in [0.1, 0.15) is 17.7 Å². The maximum Gasteiger partial charge on any atom is 0.408 e. The van der Waals surface area contributed by atoms with Gasteiger partial charge < -0.3 is 20.3 Å². The van der Waals surface area contributed by atoms with E-state index in [-0.39, 0.29) is 17.9 Å². The second-order valence-electron chi connectivity index (χ2n) is 11.2. The Morgan fingerprint density at radius 2 is 1.67 bits per heavy atom. The van der Waals surface area contributed by atoms with Crippen molar-refractivity contribution < 1.29 is 19.1 Å². The quantitative estimate of drug-likeness (QED) is 0.401. The van der Waals surface area contributed by atoms with E-state index in [9.17, 15) is 14.4 Å². The van der Waals surface area contributed by atoms with E-state index in [1.54, 1.807) is 32.6 Å². The van der Waals surface area contributed by atoms with E-state index in [4.69, 9.17) is 4.74 Å². The molecule has 0 heterocycles. The van der Waals surface area contributed by atoms with Gasteiger partial charge in [-0.25, -0.2) is 4.79 Å². The summed E-state index contributed by atoms with van der Waals surface area (Å²) in [5.41, 5.74) is 2.13. The molecular formula is C29H47N3O4. The lowest BCUT2D eigenvalue weighted by Gasteiger charge is -2.36. The molecular weight excluding hydrogens is 454 g/mol. The van der Waals surface area contributed by atoms with Crippen LogP contribution in [0.2, 0.25) is 0 Å². The smallest absolute Gasteiger partial charge is 0.408 e. The molecule has 0 saturated heterocycles. The van der Waals surface area contributed by atoms with E-state index in [1.165, 1.54) is 6.42 Å². The van der Waals surface area contributed by atoms with Crippen LogP contribution in [-0.4, -0.2) is 47.0 Å². The molecule has 2 N–H and O–H groups in total. The molecule has 1 aromatic rings. The lowest BCUT2D eigenvalue weighted by atomic mass is 9.91. The van der Waals surface area contributed by atoms with E-state index in [0.717, 1.165) is 61.6 Å². The number of nitrogens with zero attached hydrogens (tertiary/aromatic N) is 1. The van der Waals surface area contributed by atoms with E-state index in [1.807, 2.05) is 32.0 Å². The number of hydrogen-bond acceptors (Lipinski definition) is 4. The average Bonchev–Trinajstić information content (AvgIpc) is 2.79. The van der Waals surface area contributed by atoms with Crippen LogP contribution in [0.15, 0.2) is 18.2 Å². The molecule has 1 aliphatic carbocycles. The van der Waals surface area contributed by atoms with Gasteiger partial charge in [0, 0.05) is 12.6 Å². The number of amides is 3. The molecule has 0 aromatic heterocycles. The molecule has 2 rings (SSSR count). The first-order chi connectivity index (χ1) is 16.9. The zero-order chi connectivity index (χ0) is 26.9. The Labute approximate surface area is 217 Å². The summed E-state index contributed by atoms with van der Waals surface area (Å²) in [5.74, 6) is -0.433. The van der Waals surface area contributed by atoms with Crippen molar-refractivity contribution in [2.45, 2.75) is 124 Å². The summed E-state index contributed by atoms with van der Waals surface area (Å²) in [4.78, 5) is 41.8. The van der Waals surface area contributed by atoms with E-state index < -0.39 is 23.8 Å². The van der Waals surface area contributed by atoms with Crippen LogP contribution in [0.25, 0.3) is 0 Å². The lowest BCUT2D eigenvalue weighted by molar-refractivity contribution is -0.142. The fourth-order valence-electron chi connectivity index (χ4n) is 4.91. The van der Waals surface area contributed by atoms with Crippen LogP contribution in [0.5, 0.6) is 0 Å². The fraction of sp³-hybridized carbons (Fsp3) is 0.690. The van der Waals surface area contributed by atoms with E-state index in [2.05, 4.69) is 17.6 Å². The Kier molecular flexibility index (Phi) is 11.3. The number of ether oxygens (including phenoxy) is 1.